The van der Waals surface area contributed by atoms with Crippen molar-refractivity contribution < 1.29 is 13.6 Å². The van der Waals surface area contributed by atoms with Crippen LogP contribution in [0.1, 0.15) is 107 Å². The summed E-state index contributed by atoms with van der Waals surface area (Å²) in [6.45, 7) is 24.8. The van der Waals surface area contributed by atoms with Crippen LogP contribution in [0.5, 0.6) is 17.2 Å². The molecule has 216 valence electrons. The number of rotatable bonds is 3. The Morgan fingerprint density at radius 3 is 1.52 bits per heavy atom. The van der Waals surface area contributed by atoms with Crippen molar-refractivity contribution in [2.24, 2.45) is 5.73 Å². The fourth-order valence-electron chi connectivity index (χ4n) is 5.32. The van der Waals surface area contributed by atoms with E-state index in [2.05, 4.69) is 106 Å². The summed E-state index contributed by atoms with van der Waals surface area (Å²) in [4.78, 5) is 0. The Balaban J connectivity index is 1.93. The van der Waals surface area contributed by atoms with Crippen LogP contribution in [-0.2, 0) is 35.6 Å². The molecule has 0 spiro atoms. The number of nitrogens with two attached hydrogens (primary N) is 1. The zero-order valence-electron chi connectivity index (χ0n) is 26.4. The maximum atomic E-state index is 6.91. The average Bonchev–Trinajstić information content (AvgIpc) is 2.89. The molecule has 4 nitrogen and oxygen atoms in total. The highest BCUT2D eigenvalue weighted by molar-refractivity contribution is 7.43. The minimum absolute atomic E-state index is 0.107. The second kappa shape index (κ2) is 11.0. The number of benzene rings is 3. The maximum absolute atomic E-state index is 6.91. The van der Waals surface area contributed by atoms with Crippen LogP contribution in [0.3, 0.4) is 0 Å². The van der Waals surface area contributed by atoms with Gasteiger partial charge in [-0.2, -0.15) is 0 Å². The minimum atomic E-state index is -1.84. The lowest BCUT2D eigenvalue weighted by molar-refractivity contribution is 0.371. The summed E-state index contributed by atoms with van der Waals surface area (Å²) >= 11 is 0. The average molecular weight is 562 g/mol. The van der Waals surface area contributed by atoms with Gasteiger partial charge in [0.2, 0.25) is 0 Å². The van der Waals surface area contributed by atoms with E-state index in [-0.39, 0.29) is 16.2 Å². The highest BCUT2D eigenvalue weighted by Gasteiger charge is 2.34. The smallest absolute Gasteiger partial charge is 0.408 e. The van der Waals surface area contributed by atoms with E-state index in [9.17, 15) is 0 Å². The second-order valence-electron chi connectivity index (χ2n) is 14.4. The topological polar surface area (TPSA) is 53.7 Å². The highest BCUT2D eigenvalue weighted by atomic mass is 31.2. The summed E-state index contributed by atoms with van der Waals surface area (Å²) in [6, 6.07) is 15.2. The first kappa shape index (κ1) is 30.4. The Labute approximate surface area is 243 Å². The van der Waals surface area contributed by atoms with Crippen LogP contribution in [-0.4, -0.2) is 0 Å². The molecular formula is C35H48NO3P. The Bertz CT molecular complexity index is 1320. The highest BCUT2D eigenvalue weighted by Crippen LogP contribution is 2.52. The van der Waals surface area contributed by atoms with E-state index in [0.717, 1.165) is 41.2 Å². The van der Waals surface area contributed by atoms with Crippen LogP contribution in [0.2, 0.25) is 0 Å². The van der Waals surface area contributed by atoms with Crippen LogP contribution in [0.4, 0.5) is 0 Å². The fourth-order valence-corrected chi connectivity index (χ4v) is 6.48. The molecule has 0 unspecified atom stereocenters. The van der Waals surface area contributed by atoms with E-state index in [1.165, 1.54) is 33.4 Å². The van der Waals surface area contributed by atoms with Crippen LogP contribution < -0.4 is 19.3 Å². The van der Waals surface area contributed by atoms with Crippen LogP contribution in [0.25, 0.3) is 0 Å². The number of fused-ring (bicyclic) bond motifs is 2. The zero-order valence-corrected chi connectivity index (χ0v) is 27.3. The molecule has 5 heteroatoms. The molecule has 0 bridgehead atoms. The molecule has 0 atom stereocenters. The van der Waals surface area contributed by atoms with Crippen molar-refractivity contribution in [2.75, 3.05) is 0 Å². The molecule has 0 aromatic heterocycles. The molecule has 1 heterocycles. The van der Waals surface area contributed by atoms with Crippen LogP contribution in [0, 0.1) is 13.8 Å². The van der Waals surface area contributed by atoms with Gasteiger partial charge in [0.05, 0.1) is 0 Å². The van der Waals surface area contributed by atoms with E-state index in [1.807, 2.05) is 12.1 Å². The largest absolute Gasteiger partial charge is 0.530 e. The van der Waals surface area contributed by atoms with Crippen molar-refractivity contribution in [1.29, 1.82) is 0 Å². The minimum Gasteiger partial charge on any atom is -0.408 e. The first-order valence-corrected chi connectivity index (χ1v) is 15.5. The molecular weight excluding hydrogens is 513 g/mol. The lowest BCUT2D eigenvalue weighted by Gasteiger charge is -2.30. The number of hydrogen-bond acceptors (Lipinski definition) is 4. The monoisotopic (exact) mass is 561 g/mol. The van der Waals surface area contributed by atoms with Crippen molar-refractivity contribution in [2.45, 2.75) is 112 Å². The number of hydrogen-bond donors (Lipinski definition) is 1. The van der Waals surface area contributed by atoms with Gasteiger partial charge in [0.15, 0.2) is 0 Å². The van der Waals surface area contributed by atoms with Crippen molar-refractivity contribution in [1.82, 2.24) is 0 Å². The number of aryl methyl sites for hydroxylation is 4. The Kier molecular flexibility index (Phi) is 8.38. The molecule has 0 saturated carbocycles. The zero-order chi connectivity index (χ0) is 29.6. The summed E-state index contributed by atoms with van der Waals surface area (Å²) in [5, 5.41) is 0. The summed E-state index contributed by atoms with van der Waals surface area (Å²) in [7, 11) is -1.84. The van der Waals surface area contributed by atoms with Gasteiger partial charge in [-0.3, -0.25) is 0 Å². The van der Waals surface area contributed by atoms with Crippen LogP contribution >= 0.6 is 8.60 Å². The Morgan fingerprint density at radius 2 is 1.12 bits per heavy atom. The van der Waals surface area contributed by atoms with E-state index >= 15 is 0 Å². The quantitative estimate of drug-likeness (QED) is 0.324. The molecule has 1 aliphatic rings. The first-order valence-electron chi connectivity index (χ1n) is 14.4. The fraction of sp³-hybridized carbons (Fsp3) is 0.486. The summed E-state index contributed by atoms with van der Waals surface area (Å²) in [6.07, 6.45) is 1.73. The first-order chi connectivity index (χ1) is 18.5. The standard InChI is InChI=1S/C35H48NO3P/c1-22-16-25-13-14-26-17-23(2)19-29(35(9,10)11)32(26)39-40(38-31(25)28(18-22)34(6,7)8)37-30-15-12-24(21-36)20-27(30)33(3,4)5/h12,15-20H,13-14,21,36H2,1-11H3. The molecule has 3 aromatic carbocycles. The van der Waals surface area contributed by atoms with Crippen molar-refractivity contribution in [3.05, 3.63) is 87.0 Å². The third-order valence-corrected chi connectivity index (χ3v) is 8.50. The Hall–Kier alpha value is -2.55. The SMILES string of the molecule is Cc1cc2c(c(C(C)(C)C)c1)OP(Oc1ccc(CN)cc1C(C)(C)C)Oc1c(cc(C)cc1C(C)(C)C)CC2. The van der Waals surface area contributed by atoms with Gasteiger partial charge in [-0.25, -0.2) is 0 Å². The van der Waals surface area contributed by atoms with Gasteiger partial charge >= 0.3 is 8.60 Å². The van der Waals surface area contributed by atoms with Crippen LogP contribution in [0.15, 0.2) is 42.5 Å². The molecule has 3 aromatic rings. The molecule has 40 heavy (non-hydrogen) atoms. The van der Waals surface area contributed by atoms with Crippen molar-refractivity contribution in [3.8, 4) is 17.2 Å². The van der Waals surface area contributed by atoms with Gasteiger partial charge < -0.3 is 19.3 Å². The van der Waals surface area contributed by atoms with Gasteiger partial charge in [0.1, 0.15) is 17.2 Å². The molecule has 4 rings (SSSR count). The normalized spacial score (nSPS) is 14.7. The summed E-state index contributed by atoms with van der Waals surface area (Å²) < 4.78 is 20.6. The molecule has 0 amide bonds. The van der Waals surface area contributed by atoms with E-state index in [0.29, 0.717) is 6.54 Å². The molecule has 0 aliphatic carbocycles. The second-order valence-corrected chi connectivity index (χ2v) is 15.4. The van der Waals surface area contributed by atoms with E-state index in [4.69, 9.17) is 19.3 Å². The lowest BCUT2D eigenvalue weighted by Crippen LogP contribution is -2.18. The van der Waals surface area contributed by atoms with Gasteiger partial charge in [0, 0.05) is 23.2 Å². The predicted octanol–water partition coefficient (Wildman–Crippen LogP) is 9.52. The molecule has 0 fully saturated rings. The van der Waals surface area contributed by atoms with Crippen molar-refractivity contribution >= 4 is 8.60 Å². The molecule has 1 aliphatic heterocycles. The third kappa shape index (κ3) is 6.67. The van der Waals surface area contributed by atoms with Crippen molar-refractivity contribution in [3.63, 3.8) is 0 Å². The third-order valence-electron chi connectivity index (χ3n) is 7.49. The van der Waals surface area contributed by atoms with Gasteiger partial charge in [-0.1, -0.05) is 110 Å². The predicted molar refractivity (Wildman–Crippen MR) is 169 cm³/mol. The molecule has 0 saturated heterocycles. The van der Waals surface area contributed by atoms with Gasteiger partial charge in [-0.05, 0) is 65.7 Å². The Morgan fingerprint density at radius 1 is 0.675 bits per heavy atom. The maximum Gasteiger partial charge on any atom is 0.530 e. The molecule has 2 N–H and O–H groups in total. The van der Waals surface area contributed by atoms with E-state index in [1.54, 1.807) is 0 Å². The van der Waals surface area contributed by atoms with Gasteiger partial charge in [-0.15, -0.1) is 0 Å². The van der Waals surface area contributed by atoms with Gasteiger partial charge in [0.25, 0.3) is 0 Å². The molecule has 0 radical (unpaired) electrons. The van der Waals surface area contributed by atoms with E-state index < -0.39 is 8.60 Å². The summed E-state index contributed by atoms with van der Waals surface area (Å²) in [5.41, 5.74) is 15.0. The summed E-state index contributed by atoms with van der Waals surface area (Å²) in [5.74, 6) is 2.55. The lowest BCUT2D eigenvalue weighted by atomic mass is 9.82.